The lowest BCUT2D eigenvalue weighted by Gasteiger charge is -2.53. The van der Waals surface area contributed by atoms with E-state index in [2.05, 4.69) is 26.5 Å². The van der Waals surface area contributed by atoms with Gasteiger partial charge in [-0.25, -0.2) is 0 Å². The van der Waals surface area contributed by atoms with Gasteiger partial charge in [-0.1, -0.05) is 24.6 Å². The van der Waals surface area contributed by atoms with Gasteiger partial charge in [-0.05, 0) is 38.0 Å². The Balaban J connectivity index is 2.35. The maximum absolute atomic E-state index is 5.78. The van der Waals surface area contributed by atoms with Crippen LogP contribution in [0, 0.1) is 11.3 Å². The molecule has 0 aromatic rings. The molecule has 3 aliphatic rings. The van der Waals surface area contributed by atoms with Gasteiger partial charge in [0.2, 0.25) is 0 Å². The predicted octanol–water partition coefficient (Wildman–Crippen LogP) is 3.71. The molecule has 3 aliphatic carbocycles. The van der Waals surface area contributed by atoms with E-state index in [1.165, 1.54) is 19.3 Å². The zero-order valence-electron chi connectivity index (χ0n) is 10.2. The molecule has 3 rings (SSSR count). The van der Waals surface area contributed by atoms with Crippen LogP contribution in [0.5, 0.6) is 0 Å². The van der Waals surface area contributed by atoms with Gasteiger partial charge in [-0.2, -0.15) is 0 Å². The third-order valence-electron chi connectivity index (χ3n) is 4.32. The average Bonchev–Trinajstić information content (AvgIpc) is 2.17. The van der Waals surface area contributed by atoms with Crippen LogP contribution >= 0.6 is 0 Å². The summed E-state index contributed by atoms with van der Waals surface area (Å²) in [6.45, 7) is 8.49. The number of rotatable bonds is 3. The van der Waals surface area contributed by atoms with Crippen molar-refractivity contribution in [1.29, 1.82) is 0 Å². The Morgan fingerprint density at radius 1 is 1.60 bits per heavy atom. The normalized spacial score (nSPS) is 43.9. The summed E-state index contributed by atoms with van der Waals surface area (Å²) in [5.41, 5.74) is 1.96. The van der Waals surface area contributed by atoms with E-state index in [0.717, 1.165) is 6.42 Å². The van der Waals surface area contributed by atoms with Gasteiger partial charge in [0.05, 0.1) is 5.60 Å². The predicted molar refractivity (Wildman–Crippen MR) is 63.8 cm³/mol. The van der Waals surface area contributed by atoms with Crippen molar-refractivity contribution in [3.63, 3.8) is 0 Å². The van der Waals surface area contributed by atoms with Gasteiger partial charge in [0, 0.05) is 13.0 Å². The molecule has 2 bridgehead atoms. The number of hydrogen-bond donors (Lipinski definition) is 0. The molecule has 0 spiro atoms. The zero-order valence-corrected chi connectivity index (χ0v) is 10.2. The molecule has 1 nitrogen and oxygen atoms in total. The molecule has 1 heteroatoms. The van der Waals surface area contributed by atoms with Gasteiger partial charge in [0.15, 0.2) is 0 Å². The van der Waals surface area contributed by atoms with Gasteiger partial charge in [0.1, 0.15) is 0 Å². The van der Waals surface area contributed by atoms with Crippen molar-refractivity contribution in [2.75, 3.05) is 7.11 Å². The van der Waals surface area contributed by atoms with E-state index < -0.39 is 0 Å². The fourth-order valence-electron chi connectivity index (χ4n) is 3.62. The molecule has 0 aromatic heterocycles. The maximum atomic E-state index is 5.78. The second kappa shape index (κ2) is 3.48. The first-order chi connectivity index (χ1) is 7.03. The molecule has 15 heavy (non-hydrogen) atoms. The topological polar surface area (TPSA) is 9.23 Å². The van der Waals surface area contributed by atoms with Gasteiger partial charge in [-0.3, -0.25) is 0 Å². The maximum Gasteiger partial charge on any atom is 0.0724 e. The highest BCUT2D eigenvalue weighted by molar-refractivity contribution is 5.27. The smallest absolute Gasteiger partial charge is 0.0724 e. The van der Waals surface area contributed by atoms with E-state index in [0.29, 0.717) is 11.3 Å². The first-order valence-electron chi connectivity index (χ1n) is 5.91. The molecule has 0 radical (unpaired) electrons. The minimum absolute atomic E-state index is 0.0556. The van der Waals surface area contributed by atoms with Crippen LogP contribution in [0.4, 0.5) is 0 Å². The van der Waals surface area contributed by atoms with Gasteiger partial charge >= 0.3 is 0 Å². The Morgan fingerprint density at radius 2 is 2.33 bits per heavy atom. The summed E-state index contributed by atoms with van der Waals surface area (Å²) in [7, 11) is 1.86. The summed E-state index contributed by atoms with van der Waals surface area (Å²) in [6.07, 6.45) is 9.30. The molecule has 3 atom stereocenters. The molecule has 1 saturated carbocycles. The number of fused-ring (bicyclic) bond motifs is 2. The number of allylic oxidation sites excluding steroid dienone is 2. The van der Waals surface area contributed by atoms with E-state index in [-0.39, 0.29) is 5.60 Å². The minimum Gasteiger partial charge on any atom is -0.378 e. The van der Waals surface area contributed by atoms with E-state index >= 15 is 0 Å². The lowest BCUT2D eigenvalue weighted by atomic mass is 9.56. The van der Waals surface area contributed by atoms with Crippen LogP contribution in [-0.2, 0) is 4.74 Å². The summed E-state index contributed by atoms with van der Waals surface area (Å²) in [4.78, 5) is 0. The van der Waals surface area contributed by atoms with Crippen molar-refractivity contribution in [1.82, 2.24) is 0 Å². The minimum atomic E-state index is 0.0556. The molecule has 0 N–H and O–H groups in total. The van der Waals surface area contributed by atoms with Crippen LogP contribution in [0.2, 0.25) is 0 Å². The van der Waals surface area contributed by atoms with Crippen LogP contribution < -0.4 is 0 Å². The third-order valence-corrected chi connectivity index (χ3v) is 4.32. The van der Waals surface area contributed by atoms with Gasteiger partial charge in [0.25, 0.3) is 0 Å². The van der Waals surface area contributed by atoms with Crippen LogP contribution in [0.3, 0.4) is 0 Å². The molecule has 3 unspecified atom stereocenters. The first-order valence-corrected chi connectivity index (χ1v) is 5.91. The standard InChI is InChI=1S/C14H22O/c1-5-6-11-9-13(2)8-7-12(11)14(3,10-13)15-4/h5,9,12H,1,6-8,10H2,2-4H3. The number of methoxy groups -OCH3 is 1. The molecule has 0 heterocycles. The highest BCUT2D eigenvalue weighted by atomic mass is 16.5. The van der Waals surface area contributed by atoms with E-state index in [1.54, 1.807) is 5.57 Å². The molecule has 0 saturated heterocycles. The lowest BCUT2D eigenvalue weighted by molar-refractivity contribution is -0.0933. The van der Waals surface area contributed by atoms with Crippen LogP contribution in [-0.4, -0.2) is 12.7 Å². The van der Waals surface area contributed by atoms with E-state index in [4.69, 9.17) is 4.74 Å². The Bertz CT molecular complexity index is 304. The zero-order chi connectivity index (χ0) is 11.1. The van der Waals surface area contributed by atoms with E-state index in [1.807, 2.05) is 13.2 Å². The van der Waals surface area contributed by atoms with Crippen molar-refractivity contribution < 1.29 is 4.74 Å². The number of ether oxygens (including phenoxy) is 1. The molecular formula is C14H22O. The lowest BCUT2D eigenvalue weighted by Crippen LogP contribution is -2.50. The highest BCUT2D eigenvalue weighted by Crippen LogP contribution is 2.55. The van der Waals surface area contributed by atoms with Crippen LogP contribution in [0.25, 0.3) is 0 Å². The first kappa shape index (κ1) is 10.9. The quantitative estimate of drug-likeness (QED) is 0.640. The fourth-order valence-corrected chi connectivity index (χ4v) is 3.62. The van der Waals surface area contributed by atoms with Crippen LogP contribution in [0.15, 0.2) is 24.3 Å². The Labute approximate surface area is 93.2 Å². The third kappa shape index (κ3) is 1.67. The molecular weight excluding hydrogens is 184 g/mol. The summed E-state index contributed by atoms with van der Waals surface area (Å²) in [5, 5.41) is 0. The highest BCUT2D eigenvalue weighted by Gasteiger charge is 2.49. The van der Waals surface area contributed by atoms with Crippen molar-refractivity contribution in [3.8, 4) is 0 Å². The molecule has 0 aliphatic heterocycles. The monoisotopic (exact) mass is 206 g/mol. The van der Waals surface area contributed by atoms with Crippen molar-refractivity contribution in [3.05, 3.63) is 24.3 Å². The molecule has 0 amide bonds. The Morgan fingerprint density at radius 3 is 2.87 bits per heavy atom. The van der Waals surface area contributed by atoms with Crippen molar-refractivity contribution in [2.45, 2.75) is 45.1 Å². The van der Waals surface area contributed by atoms with Gasteiger partial charge < -0.3 is 4.74 Å². The Hall–Kier alpha value is -0.560. The molecule has 1 fully saturated rings. The van der Waals surface area contributed by atoms with Crippen molar-refractivity contribution in [2.24, 2.45) is 11.3 Å². The summed E-state index contributed by atoms with van der Waals surface area (Å²) in [6, 6.07) is 0. The summed E-state index contributed by atoms with van der Waals surface area (Å²) in [5.74, 6) is 0.613. The van der Waals surface area contributed by atoms with Gasteiger partial charge in [-0.15, -0.1) is 6.58 Å². The second-order valence-corrected chi connectivity index (χ2v) is 5.65. The molecule has 0 aromatic carbocycles. The summed E-state index contributed by atoms with van der Waals surface area (Å²) >= 11 is 0. The van der Waals surface area contributed by atoms with Crippen LogP contribution in [0.1, 0.15) is 39.5 Å². The largest absolute Gasteiger partial charge is 0.378 e. The molecule has 84 valence electrons. The summed E-state index contributed by atoms with van der Waals surface area (Å²) < 4.78 is 5.78. The Kier molecular flexibility index (Phi) is 2.54. The SMILES string of the molecule is C=CCC1=CC2(C)CCC1C(C)(OC)C2. The van der Waals surface area contributed by atoms with E-state index in [9.17, 15) is 0 Å². The fraction of sp³-hybridized carbons (Fsp3) is 0.714. The number of hydrogen-bond acceptors (Lipinski definition) is 1. The average molecular weight is 206 g/mol. The van der Waals surface area contributed by atoms with Crippen molar-refractivity contribution >= 4 is 0 Å². The second-order valence-electron chi connectivity index (χ2n) is 5.65.